The number of hydrogen-bond donors (Lipinski definition) is 1. The number of thiophene rings is 1. The molecule has 2 nitrogen and oxygen atoms in total. The van der Waals surface area contributed by atoms with Gasteiger partial charge in [0, 0.05) is 4.88 Å². The standard InChI is InChI=1S/C13H17NOS/c1-11-6-8-15-13(11)10-14-7-2-4-12-5-3-9-16-12/h3,5-6,8-9,14H,2,4,7,10H2,1H3. The fourth-order valence-electron chi connectivity index (χ4n) is 1.63. The molecule has 0 fully saturated rings. The van der Waals surface area contributed by atoms with Gasteiger partial charge in [0.1, 0.15) is 5.76 Å². The summed E-state index contributed by atoms with van der Waals surface area (Å²) in [5.41, 5.74) is 1.23. The van der Waals surface area contributed by atoms with E-state index in [-0.39, 0.29) is 0 Å². The molecule has 2 aromatic heterocycles. The number of furan rings is 1. The van der Waals surface area contributed by atoms with Crippen molar-refractivity contribution in [2.24, 2.45) is 0 Å². The summed E-state index contributed by atoms with van der Waals surface area (Å²) in [6, 6.07) is 6.31. The van der Waals surface area contributed by atoms with Crippen LogP contribution in [0.3, 0.4) is 0 Å². The van der Waals surface area contributed by atoms with Gasteiger partial charge in [0.05, 0.1) is 12.8 Å². The zero-order valence-corrected chi connectivity index (χ0v) is 10.3. The molecule has 0 aliphatic rings. The lowest BCUT2D eigenvalue weighted by Crippen LogP contribution is -2.15. The minimum Gasteiger partial charge on any atom is -0.468 e. The Morgan fingerprint density at radius 2 is 2.31 bits per heavy atom. The Morgan fingerprint density at radius 1 is 1.38 bits per heavy atom. The van der Waals surface area contributed by atoms with Gasteiger partial charge in [-0.15, -0.1) is 11.3 Å². The van der Waals surface area contributed by atoms with Gasteiger partial charge in [0.2, 0.25) is 0 Å². The third-order valence-corrected chi connectivity index (χ3v) is 3.55. The van der Waals surface area contributed by atoms with Crippen LogP contribution in [-0.4, -0.2) is 6.54 Å². The minimum atomic E-state index is 0.837. The van der Waals surface area contributed by atoms with Crippen molar-refractivity contribution in [1.82, 2.24) is 5.32 Å². The summed E-state index contributed by atoms with van der Waals surface area (Å²) in [5, 5.41) is 5.54. The average Bonchev–Trinajstić information content (AvgIpc) is 2.90. The molecular formula is C13H17NOS. The second-order valence-corrected chi connectivity index (χ2v) is 4.92. The molecule has 2 aromatic rings. The number of rotatable bonds is 6. The van der Waals surface area contributed by atoms with E-state index >= 15 is 0 Å². The Morgan fingerprint density at radius 3 is 3.00 bits per heavy atom. The minimum absolute atomic E-state index is 0.837. The van der Waals surface area contributed by atoms with Crippen LogP contribution in [0.1, 0.15) is 22.6 Å². The van der Waals surface area contributed by atoms with E-state index < -0.39 is 0 Å². The first-order valence-electron chi connectivity index (χ1n) is 5.62. The second-order valence-electron chi connectivity index (χ2n) is 3.89. The molecule has 0 spiro atoms. The summed E-state index contributed by atoms with van der Waals surface area (Å²) in [6.45, 7) is 3.95. The molecule has 0 saturated carbocycles. The summed E-state index contributed by atoms with van der Waals surface area (Å²) >= 11 is 1.83. The van der Waals surface area contributed by atoms with Gasteiger partial charge in [0.15, 0.2) is 0 Å². The van der Waals surface area contributed by atoms with Crippen LogP contribution in [0.15, 0.2) is 34.3 Å². The SMILES string of the molecule is Cc1ccoc1CNCCCc1cccs1. The summed E-state index contributed by atoms with van der Waals surface area (Å²) in [6.07, 6.45) is 4.10. The van der Waals surface area contributed by atoms with Gasteiger partial charge in [-0.1, -0.05) is 6.07 Å². The lowest BCUT2D eigenvalue weighted by molar-refractivity contribution is 0.478. The third kappa shape index (κ3) is 3.22. The molecule has 2 rings (SSSR count). The van der Waals surface area contributed by atoms with E-state index in [1.807, 2.05) is 17.4 Å². The lowest BCUT2D eigenvalue weighted by atomic mass is 10.2. The highest BCUT2D eigenvalue weighted by Crippen LogP contribution is 2.11. The summed E-state index contributed by atoms with van der Waals surface area (Å²) in [4.78, 5) is 1.47. The van der Waals surface area contributed by atoms with E-state index in [1.165, 1.54) is 23.3 Å². The van der Waals surface area contributed by atoms with Gasteiger partial charge in [-0.2, -0.15) is 0 Å². The highest BCUT2D eigenvalue weighted by atomic mass is 32.1. The van der Waals surface area contributed by atoms with E-state index in [4.69, 9.17) is 4.42 Å². The van der Waals surface area contributed by atoms with Gasteiger partial charge in [-0.05, 0) is 49.4 Å². The van der Waals surface area contributed by atoms with Crippen LogP contribution in [-0.2, 0) is 13.0 Å². The van der Waals surface area contributed by atoms with E-state index in [0.717, 1.165) is 18.8 Å². The van der Waals surface area contributed by atoms with Crippen molar-refractivity contribution < 1.29 is 4.42 Å². The van der Waals surface area contributed by atoms with Crippen LogP contribution in [0.4, 0.5) is 0 Å². The van der Waals surface area contributed by atoms with Gasteiger partial charge in [-0.25, -0.2) is 0 Å². The van der Waals surface area contributed by atoms with Crippen molar-refractivity contribution in [2.45, 2.75) is 26.3 Å². The Kier molecular flexibility index (Phi) is 4.19. The van der Waals surface area contributed by atoms with Crippen molar-refractivity contribution in [3.63, 3.8) is 0 Å². The molecule has 0 saturated heterocycles. The van der Waals surface area contributed by atoms with Crippen LogP contribution in [0.25, 0.3) is 0 Å². The molecule has 16 heavy (non-hydrogen) atoms. The predicted molar refractivity (Wildman–Crippen MR) is 67.8 cm³/mol. The first kappa shape index (κ1) is 11.4. The smallest absolute Gasteiger partial charge is 0.120 e. The maximum Gasteiger partial charge on any atom is 0.120 e. The highest BCUT2D eigenvalue weighted by molar-refractivity contribution is 7.09. The van der Waals surface area contributed by atoms with Crippen LogP contribution in [0.2, 0.25) is 0 Å². The van der Waals surface area contributed by atoms with Gasteiger partial charge in [0.25, 0.3) is 0 Å². The lowest BCUT2D eigenvalue weighted by Gasteiger charge is -2.02. The zero-order chi connectivity index (χ0) is 11.2. The van der Waals surface area contributed by atoms with Crippen molar-refractivity contribution in [3.05, 3.63) is 46.0 Å². The van der Waals surface area contributed by atoms with Crippen molar-refractivity contribution in [2.75, 3.05) is 6.54 Å². The Bertz CT molecular complexity index is 405. The fraction of sp³-hybridized carbons (Fsp3) is 0.385. The van der Waals surface area contributed by atoms with Gasteiger partial charge >= 0.3 is 0 Å². The molecule has 1 N–H and O–H groups in total. The monoisotopic (exact) mass is 235 g/mol. The van der Waals surface area contributed by atoms with Crippen molar-refractivity contribution in [3.8, 4) is 0 Å². The Labute approximate surface area is 100 Å². The molecule has 0 bridgehead atoms. The fourth-order valence-corrected chi connectivity index (χ4v) is 2.38. The topological polar surface area (TPSA) is 25.2 Å². The molecule has 2 heterocycles. The molecule has 0 aliphatic heterocycles. The first-order chi connectivity index (χ1) is 7.86. The third-order valence-electron chi connectivity index (χ3n) is 2.61. The van der Waals surface area contributed by atoms with Crippen LogP contribution in [0.5, 0.6) is 0 Å². The average molecular weight is 235 g/mol. The maximum atomic E-state index is 5.36. The number of nitrogens with one attached hydrogen (secondary N) is 1. The number of hydrogen-bond acceptors (Lipinski definition) is 3. The van der Waals surface area contributed by atoms with Crippen LogP contribution < -0.4 is 5.32 Å². The first-order valence-corrected chi connectivity index (χ1v) is 6.50. The Hall–Kier alpha value is -1.06. The van der Waals surface area contributed by atoms with Crippen LogP contribution >= 0.6 is 11.3 Å². The molecular weight excluding hydrogens is 218 g/mol. The molecule has 0 amide bonds. The zero-order valence-electron chi connectivity index (χ0n) is 9.53. The summed E-state index contributed by atoms with van der Waals surface area (Å²) in [5.74, 6) is 1.05. The second kappa shape index (κ2) is 5.87. The van der Waals surface area contributed by atoms with E-state index in [2.05, 4.69) is 29.8 Å². The molecule has 0 unspecified atom stereocenters. The largest absolute Gasteiger partial charge is 0.468 e. The van der Waals surface area contributed by atoms with Crippen LogP contribution in [0, 0.1) is 6.92 Å². The highest BCUT2D eigenvalue weighted by Gasteiger charge is 2.00. The predicted octanol–water partition coefficient (Wildman–Crippen LogP) is 3.37. The molecule has 0 radical (unpaired) electrons. The molecule has 3 heteroatoms. The van der Waals surface area contributed by atoms with E-state index in [0.29, 0.717) is 0 Å². The molecule has 0 atom stereocenters. The quantitative estimate of drug-likeness (QED) is 0.777. The van der Waals surface area contributed by atoms with E-state index in [9.17, 15) is 0 Å². The normalized spacial score (nSPS) is 10.8. The van der Waals surface area contributed by atoms with Gasteiger partial charge in [-0.3, -0.25) is 0 Å². The summed E-state index contributed by atoms with van der Waals surface area (Å²) < 4.78 is 5.36. The van der Waals surface area contributed by atoms with Crippen molar-refractivity contribution in [1.29, 1.82) is 0 Å². The Balaban J connectivity index is 1.61. The maximum absolute atomic E-state index is 5.36. The molecule has 0 aliphatic carbocycles. The number of aryl methyl sites for hydroxylation is 2. The molecule has 0 aromatic carbocycles. The van der Waals surface area contributed by atoms with Crippen molar-refractivity contribution >= 4 is 11.3 Å². The molecule has 86 valence electrons. The van der Waals surface area contributed by atoms with Gasteiger partial charge < -0.3 is 9.73 Å². The summed E-state index contributed by atoms with van der Waals surface area (Å²) in [7, 11) is 0. The van der Waals surface area contributed by atoms with E-state index in [1.54, 1.807) is 6.26 Å².